The molecule has 172 valence electrons. The highest BCUT2D eigenvalue weighted by atomic mass is 127. The highest BCUT2D eigenvalue weighted by Gasteiger charge is 2.25. The number of benzene rings is 2. The van der Waals surface area contributed by atoms with Crippen LogP contribution in [0.15, 0.2) is 59.6 Å². The number of rotatable bonds is 5. The van der Waals surface area contributed by atoms with E-state index in [1.165, 1.54) is 12.0 Å². The number of carbonyl (C=O) groups excluding carboxylic acids is 1. The molecular formula is C25H34IN5O. The second-order valence-electron chi connectivity index (χ2n) is 8.52. The third-order valence-electron chi connectivity index (χ3n) is 6.19. The van der Waals surface area contributed by atoms with Gasteiger partial charge in [0.2, 0.25) is 0 Å². The van der Waals surface area contributed by atoms with Crippen LogP contribution in [0.4, 0.5) is 10.5 Å². The molecule has 0 aromatic heterocycles. The Hall–Kier alpha value is -2.29. The predicted molar refractivity (Wildman–Crippen MR) is 142 cm³/mol. The van der Waals surface area contributed by atoms with Gasteiger partial charge in [-0.15, -0.1) is 24.0 Å². The number of nitrogens with one attached hydrogen (secondary N) is 2. The van der Waals surface area contributed by atoms with Crippen LogP contribution in [0, 0.1) is 5.92 Å². The van der Waals surface area contributed by atoms with E-state index in [1.807, 2.05) is 30.1 Å². The van der Waals surface area contributed by atoms with Crippen molar-refractivity contribution < 1.29 is 4.79 Å². The average Bonchev–Trinajstić information content (AvgIpc) is 3.48. The van der Waals surface area contributed by atoms with Crippen LogP contribution in [0.5, 0.6) is 0 Å². The molecule has 2 heterocycles. The number of hydrogen-bond donors (Lipinski definition) is 2. The Labute approximate surface area is 208 Å². The van der Waals surface area contributed by atoms with Crippen LogP contribution in [0.25, 0.3) is 0 Å². The third-order valence-corrected chi connectivity index (χ3v) is 6.19. The molecule has 1 unspecified atom stereocenters. The summed E-state index contributed by atoms with van der Waals surface area (Å²) in [5.41, 5.74) is 3.38. The van der Waals surface area contributed by atoms with E-state index in [1.54, 1.807) is 0 Å². The number of guanidine groups is 1. The highest BCUT2D eigenvalue weighted by molar-refractivity contribution is 14.0. The van der Waals surface area contributed by atoms with Crippen LogP contribution in [-0.2, 0) is 13.0 Å². The zero-order valence-corrected chi connectivity index (χ0v) is 21.1. The maximum atomic E-state index is 12.3. The minimum Gasteiger partial charge on any atom is -0.352 e. The molecule has 2 N–H and O–H groups in total. The first-order valence-electron chi connectivity index (χ1n) is 11.4. The zero-order chi connectivity index (χ0) is 21.5. The number of halogens is 1. The summed E-state index contributed by atoms with van der Waals surface area (Å²) in [6, 6.07) is 18.8. The monoisotopic (exact) mass is 547 g/mol. The van der Waals surface area contributed by atoms with Gasteiger partial charge in [-0.3, -0.25) is 4.99 Å². The lowest BCUT2D eigenvalue weighted by Gasteiger charge is -2.22. The van der Waals surface area contributed by atoms with Crippen LogP contribution in [-0.4, -0.2) is 55.0 Å². The van der Waals surface area contributed by atoms with E-state index < -0.39 is 0 Å². The summed E-state index contributed by atoms with van der Waals surface area (Å²) in [5.74, 6) is 1.60. The molecule has 0 saturated carbocycles. The molecule has 2 aromatic carbocycles. The lowest BCUT2D eigenvalue weighted by molar-refractivity contribution is 0.222. The molecule has 32 heavy (non-hydrogen) atoms. The van der Waals surface area contributed by atoms with Gasteiger partial charge in [0.15, 0.2) is 5.96 Å². The molecular weight excluding hydrogens is 513 g/mol. The molecule has 0 spiro atoms. The van der Waals surface area contributed by atoms with Gasteiger partial charge in [0.05, 0.1) is 0 Å². The third kappa shape index (κ3) is 6.60. The van der Waals surface area contributed by atoms with Gasteiger partial charge in [0, 0.05) is 45.5 Å². The highest BCUT2D eigenvalue weighted by Crippen LogP contribution is 2.21. The lowest BCUT2D eigenvalue weighted by atomic mass is 9.99. The van der Waals surface area contributed by atoms with Crippen LogP contribution in [0.1, 0.15) is 30.4 Å². The predicted octanol–water partition coefficient (Wildman–Crippen LogP) is 4.57. The summed E-state index contributed by atoms with van der Waals surface area (Å²) in [6.07, 6.45) is 4.50. The Kier molecular flexibility index (Phi) is 9.20. The summed E-state index contributed by atoms with van der Waals surface area (Å²) in [6.45, 7) is 4.44. The maximum absolute atomic E-state index is 12.3. The lowest BCUT2D eigenvalue weighted by Crippen LogP contribution is -2.39. The molecule has 4 rings (SSSR count). The maximum Gasteiger partial charge on any atom is 0.321 e. The fourth-order valence-electron chi connectivity index (χ4n) is 4.53. The van der Waals surface area contributed by atoms with Crippen molar-refractivity contribution >= 4 is 41.7 Å². The molecule has 0 bridgehead atoms. The van der Waals surface area contributed by atoms with Crippen molar-refractivity contribution in [3.63, 3.8) is 0 Å². The fraction of sp³-hybridized carbons (Fsp3) is 0.440. The van der Waals surface area contributed by atoms with Crippen molar-refractivity contribution in [1.82, 2.24) is 15.1 Å². The molecule has 0 radical (unpaired) electrons. The Morgan fingerprint density at radius 3 is 2.50 bits per heavy atom. The largest absolute Gasteiger partial charge is 0.352 e. The van der Waals surface area contributed by atoms with Crippen molar-refractivity contribution in [2.45, 2.75) is 32.2 Å². The number of urea groups is 1. The quantitative estimate of drug-likeness (QED) is 0.328. The van der Waals surface area contributed by atoms with E-state index in [9.17, 15) is 4.79 Å². The number of hydrogen-bond acceptors (Lipinski definition) is 2. The molecule has 2 aromatic rings. The van der Waals surface area contributed by atoms with Crippen molar-refractivity contribution in [1.29, 1.82) is 0 Å². The van der Waals surface area contributed by atoms with Gasteiger partial charge in [-0.05, 0) is 54.9 Å². The average molecular weight is 547 g/mol. The summed E-state index contributed by atoms with van der Waals surface area (Å²) in [7, 11) is 1.85. The first-order chi connectivity index (χ1) is 15.2. The summed E-state index contributed by atoms with van der Waals surface area (Å²) < 4.78 is 0. The number of amides is 2. The Morgan fingerprint density at radius 2 is 1.75 bits per heavy atom. The molecule has 7 heteroatoms. The van der Waals surface area contributed by atoms with Crippen LogP contribution >= 0.6 is 24.0 Å². The van der Waals surface area contributed by atoms with Gasteiger partial charge < -0.3 is 20.4 Å². The number of nitrogens with zero attached hydrogens (tertiary/aromatic N) is 3. The zero-order valence-electron chi connectivity index (χ0n) is 18.8. The van der Waals surface area contributed by atoms with E-state index in [2.05, 4.69) is 56.9 Å². The molecule has 2 saturated heterocycles. The Morgan fingerprint density at radius 1 is 1.00 bits per heavy atom. The van der Waals surface area contributed by atoms with E-state index in [0.29, 0.717) is 12.5 Å². The van der Waals surface area contributed by atoms with Gasteiger partial charge in [-0.2, -0.15) is 0 Å². The molecule has 2 amide bonds. The van der Waals surface area contributed by atoms with Crippen molar-refractivity contribution in [2.24, 2.45) is 10.9 Å². The molecule has 2 aliphatic heterocycles. The summed E-state index contributed by atoms with van der Waals surface area (Å²) in [5, 5.41) is 6.53. The Balaban J connectivity index is 0.00000289. The summed E-state index contributed by atoms with van der Waals surface area (Å²) in [4.78, 5) is 21.1. The van der Waals surface area contributed by atoms with Gasteiger partial charge in [-0.25, -0.2) is 4.79 Å². The number of aliphatic imine (C=N–C) groups is 1. The molecule has 0 aliphatic carbocycles. The van der Waals surface area contributed by atoms with Crippen LogP contribution < -0.4 is 10.6 Å². The molecule has 6 nitrogen and oxygen atoms in total. The van der Waals surface area contributed by atoms with Crippen molar-refractivity contribution in [3.8, 4) is 0 Å². The van der Waals surface area contributed by atoms with E-state index in [0.717, 1.165) is 62.7 Å². The molecule has 1 atom stereocenters. The van der Waals surface area contributed by atoms with E-state index in [-0.39, 0.29) is 30.0 Å². The smallest absolute Gasteiger partial charge is 0.321 e. The van der Waals surface area contributed by atoms with Crippen LogP contribution in [0.3, 0.4) is 0 Å². The first-order valence-corrected chi connectivity index (χ1v) is 11.4. The van der Waals surface area contributed by atoms with Crippen molar-refractivity contribution in [2.75, 3.05) is 38.5 Å². The minimum absolute atomic E-state index is 0. The number of carbonyl (C=O) groups is 1. The normalized spacial score (nSPS) is 18.4. The summed E-state index contributed by atoms with van der Waals surface area (Å²) >= 11 is 0. The topological polar surface area (TPSA) is 60.0 Å². The fourth-order valence-corrected chi connectivity index (χ4v) is 4.53. The van der Waals surface area contributed by atoms with Gasteiger partial charge >= 0.3 is 6.03 Å². The Bertz CT molecular complexity index is 898. The number of likely N-dealkylation sites (tertiary alicyclic amines) is 2. The standard InChI is InChI=1S/C25H33N5O.HI/c1-26-24(30-15-12-22(19-30)16-20-8-3-2-4-9-20)27-18-21-10-7-11-23(17-21)28-25(31)29-13-5-6-14-29;/h2-4,7-11,17,22H,5-6,12-16,18-19H2,1H3,(H,26,27)(H,28,31);1H. The van der Waals surface area contributed by atoms with Gasteiger partial charge in [0.1, 0.15) is 0 Å². The van der Waals surface area contributed by atoms with E-state index in [4.69, 9.17) is 0 Å². The minimum atomic E-state index is -0.0000523. The van der Waals surface area contributed by atoms with Gasteiger partial charge in [0.25, 0.3) is 0 Å². The first kappa shape index (κ1) is 24.4. The SMILES string of the molecule is CN=C(NCc1cccc(NC(=O)N2CCCC2)c1)N1CCC(Cc2ccccc2)C1.I. The second-order valence-corrected chi connectivity index (χ2v) is 8.52. The van der Waals surface area contributed by atoms with Crippen molar-refractivity contribution in [3.05, 3.63) is 65.7 Å². The van der Waals surface area contributed by atoms with Gasteiger partial charge in [-0.1, -0.05) is 42.5 Å². The van der Waals surface area contributed by atoms with Crippen LogP contribution in [0.2, 0.25) is 0 Å². The second kappa shape index (κ2) is 12.1. The molecule has 2 fully saturated rings. The number of anilines is 1. The molecule has 2 aliphatic rings. The van der Waals surface area contributed by atoms with E-state index >= 15 is 0 Å².